The summed E-state index contributed by atoms with van der Waals surface area (Å²) in [6.07, 6.45) is 0. The molecule has 1 amide bonds. The van der Waals surface area contributed by atoms with E-state index < -0.39 is 0 Å². The Kier molecular flexibility index (Phi) is 4.11. The number of para-hydroxylation sites is 1. The van der Waals surface area contributed by atoms with Gasteiger partial charge in [0.05, 0.1) is 11.3 Å². The summed E-state index contributed by atoms with van der Waals surface area (Å²) in [5.74, 6) is 1.32. The molecule has 0 fully saturated rings. The van der Waals surface area contributed by atoms with Gasteiger partial charge < -0.3 is 15.0 Å². The van der Waals surface area contributed by atoms with Crippen LogP contribution in [0.2, 0.25) is 0 Å². The second-order valence-electron chi connectivity index (χ2n) is 5.38. The average Bonchev–Trinajstić information content (AvgIpc) is 2.64. The summed E-state index contributed by atoms with van der Waals surface area (Å²) in [5.41, 5.74) is 2.54. The van der Waals surface area contributed by atoms with Crippen LogP contribution >= 0.6 is 0 Å². The quantitative estimate of drug-likeness (QED) is 0.880. The number of carbonyl (C=O) groups excluding carboxylic acids is 1. The number of rotatable bonds is 4. The number of ether oxygens (including phenoxy) is 1. The minimum absolute atomic E-state index is 0.0159. The highest BCUT2D eigenvalue weighted by molar-refractivity contribution is 6.09. The first-order chi connectivity index (χ1) is 10.7. The van der Waals surface area contributed by atoms with Crippen molar-refractivity contribution in [1.82, 2.24) is 5.32 Å². The van der Waals surface area contributed by atoms with E-state index in [2.05, 4.69) is 12.2 Å². The van der Waals surface area contributed by atoms with Crippen LogP contribution in [0.15, 0.2) is 42.5 Å². The molecular weight excluding hydrogens is 276 g/mol. The molecular formula is C18H20N2O2. The normalized spacial score (nSPS) is 13.2. The van der Waals surface area contributed by atoms with E-state index in [-0.39, 0.29) is 5.91 Å². The number of hydrogen-bond acceptors (Lipinski definition) is 3. The second-order valence-corrected chi connectivity index (χ2v) is 5.38. The second kappa shape index (κ2) is 6.20. The van der Waals surface area contributed by atoms with E-state index >= 15 is 0 Å². The lowest BCUT2D eigenvalue weighted by atomic mass is 10.1. The van der Waals surface area contributed by atoms with Crippen molar-refractivity contribution in [3.63, 3.8) is 0 Å². The number of nitrogens with zero attached hydrogens (tertiary/aromatic N) is 1. The topological polar surface area (TPSA) is 41.6 Å². The Balaban J connectivity index is 2.06. The fourth-order valence-electron chi connectivity index (χ4n) is 2.62. The van der Waals surface area contributed by atoms with Gasteiger partial charge in [-0.1, -0.05) is 25.1 Å². The highest BCUT2D eigenvalue weighted by Gasteiger charge is 2.27. The molecule has 0 aliphatic carbocycles. The number of hydrogen-bond donors (Lipinski definition) is 1. The van der Waals surface area contributed by atoms with Crippen LogP contribution in [0.1, 0.15) is 22.8 Å². The molecule has 0 saturated carbocycles. The first-order valence-electron chi connectivity index (χ1n) is 7.61. The molecule has 0 spiro atoms. The maximum Gasteiger partial charge on any atom is 0.262 e. The molecule has 0 radical (unpaired) electrons. The summed E-state index contributed by atoms with van der Waals surface area (Å²) in [5, 5.41) is 3.27. The van der Waals surface area contributed by atoms with Gasteiger partial charge in [0.1, 0.15) is 5.75 Å². The van der Waals surface area contributed by atoms with E-state index in [4.69, 9.17) is 4.74 Å². The van der Waals surface area contributed by atoms with Gasteiger partial charge in [0.25, 0.3) is 5.91 Å². The molecule has 1 aliphatic rings. The maximum absolute atomic E-state index is 12.9. The summed E-state index contributed by atoms with van der Waals surface area (Å²) < 4.78 is 5.98. The minimum Gasteiger partial charge on any atom is -0.454 e. The summed E-state index contributed by atoms with van der Waals surface area (Å²) in [6, 6.07) is 13.3. The van der Waals surface area contributed by atoms with Crippen molar-refractivity contribution in [2.75, 3.05) is 24.5 Å². The maximum atomic E-state index is 12.9. The number of anilines is 1. The van der Waals surface area contributed by atoms with Crippen LogP contribution in [-0.2, 0) is 0 Å². The SMILES string of the molecule is CCNCCN1C(=O)c2ccccc2Oc2ccc(C)cc21. The van der Waals surface area contributed by atoms with Gasteiger partial charge in [0.2, 0.25) is 0 Å². The fourth-order valence-corrected chi connectivity index (χ4v) is 2.62. The number of benzene rings is 2. The van der Waals surface area contributed by atoms with Crippen molar-refractivity contribution in [2.24, 2.45) is 0 Å². The lowest BCUT2D eigenvalue weighted by molar-refractivity contribution is 0.0987. The first kappa shape index (κ1) is 14.6. The zero-order valence-electron chi connectivity index (χ0n) is 12.9. The third kappa shape index (κ3) is 2.70. The van der Waals surface area contributed by atoms with Crippen LogP contribution < -0.4 is 15.0 Å². The van der Waals surface area contributed by atoms with Gasteiger partial charge in [-0.25, -0.2) is 0 Å². The Labute approximate surface area is 130 Å². The van der Waals surface area contributed by atoms with Gasteiger partial charge >= 0.3 is 0 Å². The summed E-state index contributed by atoms with van der Waals surface area (Å²) >= 11 is 0. The molecule has 0 bridgehead atoms. The zero-order chi connectivity index (χ0) is 15.5. The number of carbonyl (C=O) groups is 1. The lowest BCUT2D eigenvalue weighted by Crippen LogP contribution is -2.36. The molecule has 4 nitrogen and oxygen atoms in total. The molecule has 114 valence electrons. The first-order valence-corrected chi connectivity index (χ1v) is 7.61. The third-order valence-corrected chi connectivity index (χ3v) is 3.75. The number of aryl methyl sites for hydroxylation is 1. The smallest absolute Gasteiger partial charge is 0.262 e. The largest absolute Gasteiger partial charge is 0.454 e. The molecule has 1 aliphatic heterocycles. The number of fused-ring (bicyclic) bond motifs is 2. The minimum atomic E-state index is -0.0159. The highest BCUT2D eigenvalue weighted by atomic mass is 16.5. The predicted octanol–water partition coefficient (Wildman–Crippen LogP) is 3.36. The molecule has 0 saturated heterocycles. The van der Waals surface area contributed by atoms with Gasteiger partial charge in [-0.15, -0.1) is 0 Å². The van der Waals surface area contributed by atoms with Crippen LogP contribution in [-0.4, -0.2) is 25.5 Å². The lowest BCUT2D eigenvalue weighted by Gasteiger charge is -2.22. The molecule has 1 N–H and O–H groups in total. The van der Waals surface area contributed by atoms with E-state index in [1.54, 1.807) is 4.90 Å². The van der Waals surface area contributed by atoms with Crippen molar-refractivity contribution in [1.29, 1.82) is 0 Å². The molecule has 22 heavy (non-hydrogen) atoms. The Morgan fingerprint density at radius 1 is 1.14 bits per heavy atom. The van der Waals surface area contributed by atoms with Crippen LogP contribution in [0.4, 0.5) is 5.69 Å². The van der Waals surface area contributed by atoms with Gasteiger partial charge in [0.15, 0.2) is 5.75 Å². The Hall–Kier alpha value is -2.33. The van der Waals surface area contributed by atoms with Crippen LogP contribution in [0.25, 0.3) is 0 Å². The zero-order valence-corrected chi connectivity index (χ0v) is 12.9. The molecule has 2 aromatic carbocycles. The molecule has 3 rings (SSSR count). The standard InChI is InChI=1S/C18H20N2O2/c1-3-19-10-11-20-15-12-13(2)8-9-17(15)22-16-7-5-4-6-14(16)18(20)21/h4-9,12,19H,3,10-11H2,1-2H3. The Bertz CT molecular complexity index is 697. The van der Waals surface area contributed by atoms with Gasteiger partial charge in [-0.3, -0.25) is 4.79 Å². The van der Waals surface area contributed by atoms with Gasteiger partial charge in [0, 0.05) is 13.1 Å². The number of likely N-dealkylation sites (N-methyl/N-ethyl adjacent to an activating group) is 1. The average molecular weight is 296 g/mol. The van der Waals surface area contributed by atoms with Gasteiger partial charge in [-0.2, -0.15) is 0 Å². The Morgan fingerprint density at radius 2 is 1.95 bits per heavy atom. The van der Waals surface area contributed by atoms with Crippen molar-refractivity contribution >= 4 is 11.6 Å². The molecule has 0 atom stereocenters. The molecule has 0 aromatic heterocycles. The summed E-state index contributed by atoms with van der Waals surface area (Å²) in [6.45, 7) is 6.32. The van der Waals surface area contributed by atoms with Crippen molar-refractivity contribution in [3.05, 3.63) is 53.6 Å². The predicted molar refractivity (Wildman–Crippen MR) is 87.9 cm³/mol. The Morgan fingerprint density at radius 3 is 2.77 bits per heavy atom. The molecule has 2 aromatic rings. The van der Waals surface area contributed by atoms with E-state index in [1.165, 1.54) is 0 Å². The van der Waals surface area contributed by atoms with Crippen molar-refractivity contribution in [3.8, 4) is 11.5 Å². The molecule has 0 unspecified atom stereocenters. The monoisotopic (exact) mass is 296 g/mol. The number of nitrogens with one attached hydrogen (secondary N) is 1. The van der Waals surface area contributed by atoms with E-state index in [0.717, 1.165) is 30.1 Å². The van der Waals surface area contributed by atoms with Crippen LogP contribution in [0, 0.1) is 6.92 Å². The summed E-state index contributed by atoms with van der Waals surface area (Å²) in [7, 11) is 0. The van der Waals surface area contributed by atoms with Crippen molar-refractivity contribution < 1.29 is 9.53 Å². The molecule has 1 heterocycles. The summed E-state index contributed by atoms with van der Waals surface area (Å²) in [4.78, 5) is 14.7. The van der Waals surface area contributed by atoms with Gasteiger partial charge in [-0.05, 0) is 43.3 Å². The van der Waals surface area contributed by atoms with E-state index in [1.807, 2.05) is 49.4 Å². The van der Waals surface area contributed by atoms with E-state index in [0.29, 0.717) is 17.9 Å². The third-order valence-electron chi connectivity index (χ3n) is 3.75. The molecule has 4 heteroatoms. The fraction of sp³-hybridized carbons (Fsp3) is 0.278. The van der Waals surface area contributed by atoms with Crippen LogP contribution in [0.5, 0.6) is 11.5 Å². The van der Waals surface area contributed by atoms with E-state index in [9.17, 15) is 4.79 Å². The number of amides is 1. The highest BCUT2D eigenvalue weighted by Crippen LogP contribution is 2.39. The van der Waals surface area contributed by atoms with Crippen molar-refractivity contribution in [2.45, 2.75) is 13.8 Å². The van der Waals surface area contributed by atoms with Crippen LogP contribution in [0.3, 0.4) is 0 Å².